The van der Waals surface area contributed by atoms with E-state index in [1.807, 2.05) is 10.6 Å². The van der Waals surface area contributed by atoms with Crippen molar-refractivity contribution in [3.8, 4) is 0 Å². The lowest BCUT2D eigenvalue weighted by Gasteiger charge is -2.13. The van der Waals surface area contributed by atoms with Crippen LogP contribution in [0.1, 0.15) is 27.2 Å². The Balaban J connectivity index is 1.96. The third-order valence-electron chi connectivity index (χ3n) is 4.18. The molecule has 0 saturated heterocycles. The predicted octanol–water partition coefficient (Wildman–Crippen LogP) is 3.28. The maximum Gasteiger partial charge on any atom is 0.268 e. The van der Waals surface area contributed by atoms with Gasteiger partial charge in [0.25, 0.3) is 5.91 Å². The molecule has 0 unspecified atom stereocenters. The Labute approximate surface area is 141 Å². The van der Waals surface area contributed by atoms with E-state index in [4.69, 9.17) is 9.15 Å². The molecule has 1 aromatic carbocycles. The summed E-state index contributed by atoms with van der Waals surface area (Å²) < 4.78 is 12.5. The molecular weight excluding hydrogens is 304 g/mol. The second-order valence-electron chi connectivity index (χ2n) is 5.96. The van der Waals surface area contributed by atoms with Crippen LogP contribution >= 0.6 is 0 Å². The Kier molecular flexibility index (Phi) is 4.71. The Hall–Kier alpha value is -2.53. The Morgan fingerprint density at radius 2 is 2.08 bits per heavy atom. The lowest BCUT2D eigenvalue weighted by Crippen LogP contribution is -2.29. The molecule has 0 bridgehead atoms. The highest BCUT2D eigenvalue weighted by Crippen LogP contribution is 2.23. The van der Waals surface area contributed by atoms with E-state index in [1.54, 1.807) is 19.4 Å². The number of carbonyl (C=O) groups excluding carboxylic acids is 1. The number of methoxy groups -OCH3 is 1. The van der Waals surface area contributed by atoms with Gasteiger partial charge in [0.05, 0.1) is 18.4 Å². The molecule has 0 saturated carbocycles. The van der Waals surface area contributed by atoms with Crippen LogP contribution in [0, 0.1) is 13.8 Å². The number of aromatic nitrogens is 1. The second kappa shape index (κ2) is 6.93. The zero-order valence-electron chi connectivity index (χ0n) is 14.3. The van der Waals surface area contributed by atoms with E-state index >= 15 is 0 Å². The first kappa shape index (κ1) is 16.3. The fourth-order valence-corrected chi connectivity index (χ4v) is 2.83. The summed E-state index contributed by atoms with van der Waals surface area (Å²) in [6.07, 6.45) is 1.65. The van der Waals surface area contributed by atoms with Crippen LogP contribution in [0.25, 0.3) is 11.1 Å². The third-order valence-corrected chi connectivity index (χ3v) is 4.18. The molecule has 5 heteroatoms. The van der Waals surface area contributed by atoms with Crippen LogP contribution < -0.4 is 5.32 Å². The number of hydrogen-bond acceptors (Lipinski definition) is 3. The van der Waals surface area contributed by atoms with Crippen LogP contribution in [-0.2, 0) is 11.3 Å². The number of carbonyl (C=O) groups is 1. The minimum absolute atomic E-state index is 0.122. The molecule has 2 heterocycles. The van der Waals surface area contributed by atoms with Crippen molar-refractivity contribution < 1.29 is 13.9 Å². The van der Waals surface area contributed by atoms with Gasteiger partial charge in [0.1, 0.15) is 5.69 Å². The van der Waals surface area contributed by atoms with Gasteiger partial charge in [-0.05, 0) is 25.0 Å². The largest absolute Gasteiger partial charge is 0.463 e. The number of furan rings is 1. The Morgan fingerprint density at radius 1 is 1.25 bits per heavy atom. The normalized spacial score (nSPS) is 11.1. The van der Waals surface area contributed by atoms with Gasteiger partial charge in [0.2, 0.25) is 0 Å². The molecule has 0 aliphatic heterocycles. The van der Waals surface area contributed by atoms with Gasteiger partial charge in [-0.3, -0.25) is 4.79 Å². The fraction of sp³-hybridized carbons (Fsp3) is 0.316. The summed E-state index contributed by atoms with van der Waals surface area (Å²) in [6, 6.07) is 10.1. The van der Waals surface area contributed by atoms with E-state index in [2.05, 4.69) is 37.4 Å². The molecule has 3 aromatic rings. The molecule has 0 aliphatic rings. The summed E-state index contributed by atoms with van der Waals surface area (Å²) in [4.78, 5) is 12.5. The molecule has 0 fully saturated rings. The van der Waals surface area contributed by atoms with Gasteiger partial charge in [0, 0.05) is 32.3 Å². The zero-order chi connectivity index (χ0) is 17.1. The summed E-state index contributed by atoms with van der Waals surface area (Å²) >= 11 is 0. The van der Waals surface area contributed by atoms with Crippen LogP contribution in [0.5, 0.6) is 0 Å². The highest BCUT2D eigenvalue weighted by molar-refractivity contribution is 5.97. The minimum Gasteiger partial charge on any atom is -0.463 e. The van der Waals surface area contributed by atoms with Gasteiger partial charge in [-0.15, -0.1) is 0 Å². The molecule has 1 N–H and O–H groups in total. The van der Waals surface area contributed by atoms with Crippen molar-refractivity contribution in [2.75, 3.05) is 20.3 Å². The minimum atomic E-state index is -0.122. The fourth-order valence-electron chi connectivity index (χ4n) is 2.83. The predicted molar refractivity (Wildman–Crippen MR) is 93.4 cm³/mol. The molecule has 1 amide bonds. The average molecular weight is 326 g/mol. The summed E-state index contributed by atoms with van der Waals surface area (Å²) in [6.45, 7) is 5.75. The third kappa shape index (κ3) is 3.21. The molecule has 0 atom stereocenters. The summed E-state index contributed by atoms with van der Waals surface area (Å²) in [5.41, 5.74) is 5.85. The van der Waals surface area contributed by atoms with Crippen LogP contribution in [-0.4, -0.2) is 30.7 Å². The highest BCUT2D eigenvalue weighted by Gasteiger charge is 2.18. The van der Waals surface area contributed by atoms with Crippen LogP contribution in [0.15, 0.2) is 41.0 Å². The van der Waals surface area contributed by atoms with E-state index in [0.717, 1.165) is 11.1 Å². The number of rotatable bonds is 6. The average Bonchev–Trinajstić information content (AvgIpc) is 3.13. The van der Waals surface area contributed by atoms with E-state index in [1.165, 1.54) is 16.7 Å². The quantitative estimate of drug-likeness (QED) is 0.707. The molecule has 3 rings (SSSR count). The number of amides is 1. The van der Waals surface area contributed by atoms with Crippen molar-refractivity contribution in [1.29, 1.82) is 0 Å². The van der Waals surface area contributed by atoms with Crippen LogP contribution in [0.2, 0.25) is 0 Å². The summed E-state index contributed by atoms with van der Waals surface area (Å²) in [5, 5.41) is 2.88. The first-order chi connectivity index (χ1) is 11.6. The number of hydrogen-bond donors (Lipinski definition) is 1. The van der Waals surface area contributed by atoms with Crippen molar-refractivity contribution >= 4 is 17.0 Å². The maximum absolute atomic E-state index is 12.5. The first-order valence-electron chi connectivity index (χ1n) is 8.00. The molecule has 5 nitrogen and oxygen atoms in total. The number of nitrogens with one attached hydrogen (secondary N) is 1. The van der Waals surface area contributed by atoms with Gasteiger partial charge in [0.15, 0.2) is 5.58 Å². The van der Waals surface area contributed by atoms with Gasteiger partial charge in [-0.1, -0.05) is 23.8 Å². The van der Waals surface area contributed by atoms with E-state index in [-0.39, 0.29) is 5.91 Å². The summed E-state index contributed by atoms with van der Waals surface area (Å²) in [7, 11) is 1.61. The molecule has 0 aliphatic carbocycles. The van der Waals surface area contributed by atoms with E-state index in [9.17, 15) is 4.79 Å². The van der Waals surface area contributed by atoms with Crippen LogP contribution in [0.4, 0.5) is 0 Å². The Morgan fingerprint density at radius 3 is 2.88 bits per heavy atom. The number of nitrogens with zero attached hydrogens (tertiary/aromatic N) is 1. The van der Waals surface area contributed by atoms with Crippen molar-refractivity contribution in [3.05, 3.63) is 59.0 Å². The monoisotopic (exact) mass is 326 g/mol. The number of aryl methyl sites for hydroxylation is 2. The van der Waals surface area contributed by atoms with Crippen molar-refractivity contribution in [3.63, 3.8) is 0 Å². The first-order valence-corrected chi connectivity index (χ1v) is 8.00. The van der Waals surface area contributed by atoms with E-state index in [0.29, 0.717) is 25.4 Å². The van der Waals surface area contributed by atoms with Crippen molar-refractivity contribution in [2.45, 2.75) is 20.4 Å². The number of ether oxygens (including phenoxy) is 1. The molecule has 2 aromatic heterocycles. The number of benzene rings is 1. The van der Waals surface area contributed by atoms with Gasteiger partial charge in [-0.25, -0.2) is 0 Å². The zero-order valence-corrected chi connectivity index (χ0v) is 14.3. The lowest BCUT2D eigenvalue weighted by atomic mass is 10.1. The van der Waals surface area contributed by atoms with Gasteiger partial charge in [-0.2, -0.15) is 0 Å². The van der Waals surface area contributed by atoms with Crippen LogP contribution in [0.3, 0.4) is 0 Å². The Bertz CT molecular complexity index is 861. The van der Waals surface area contributed by atoms with Gasteiger partial charge >= 0.3 is 0 Å². The molecular formula is C19H22N2O3. The molecule has 24 heavy (non-hydrogen) atoms. The van der Waals surface area contributed by atoms with E-state index < -0.39 is 0 Å². The maximum atomic E-state index is 12.5. The van der Waals surface area contributed by atoms with Crippen molar-refractivity contribution in [1.82, 2.24) is 9.88 Å². The topological polar surface area (TPSA) is 56.4 Å². The number of fused-ring (bicyclic) bond motifs is 1. The molecule has 0 spiro atoms. The SMILES string of the molecule is COCCNC(=O)c1cc2occc2n1Cc1cc(C)ccc1C. The smallest absolute Gasteiger partial charge is 0.268 e. The second-order valence-corrected chi connectivity index (χ2v) is 5.96. The highest BCUT2D eigenvalue weighted by atomic mass is 16.5. The molecule has 0 radical (unpaired) electrons. The molecule has 126 valence electrons. The summed E-state index contributed by atoms with van der Waals surface area (Å²) in [5.74, 6) is -0.122. The van der Waals surface area contributed by atoms with Gasteiger partial charge < -0.3 is 19.0 Å². The standard InChI is InChI=1S/C19H22N2O3/c1-13-4-5-14(2)15(10-13)12-21-16-6-8-24-18(16)11-17(21)19(22)20-7-9-23-3/h4-6,8,10-11H,7,9,12H2,1-3H3,(H,20,22). The van der Waals surface area contributed by atoms with Crippen molar-refractivity contribution in [2.24, 2.45) is 0 Å². The lowest BCUT2D eigenvalue weighted by molar-refractivity contribution is 0.0928.